The predicted octanol–water partition coefficient (Wildman–Crippen LogP) is 0.945. The molecule has 0 radical (unpaired) electrons. The molecule has 1 N–H and O–H groups in total. The van der Waals surface area contributed by atoms with E-state index in [1.54, 1.807) is 0 Å². The zero-order valence-electron chi connectivity index (χ0n) is 8.66. The van der Waals surface area contributed by atoms with Gasteiger partial charge in [0, 0.05) is 18.9 Å². The van der Waals surface area contributed by atoms with Gasteiger partial charge in [0.25, 0.3) is 0 Å². The number of aromatic nitrogens is 1. The quantitative estimate of drug-likeness (QED) is 0.795. The molecule has 1 aromatic heterocycles. The minimum Gasteiger partial charge on any atom is -0.353 e. The number of nitrogens with one attached hydrogen (secondary N) is 1. The molecule has 0 atom stereocenters. The molecule has 1 fully saturated rings. The average Bonchev–Trinajstić information content (AvgIpc) is 2.94. The number of nitriles is 1. The normalized spacial score (nSPS) is 16.8. The molecule has 2 rings (SSSR count). The summed E-state index contributed by atoms with van der Waals surface area (Å²) in [5.74, 6) is -0.133. The van der Waals surface area contributed by atoms with E-state index in [0.717, 1.165) is 5.69 Å². The summed E-state index contributed by atoms with van der Waals surface area (Å²) in [6.07, 6.45) is 3.32. The Hall–Kier alpha value is -1.76. The summed E-state index contributed by atoms with van der Waals surface area (Å²) in [5, 5.41) is 11.6. The zero-order valence-corrected chi connectivity index (χ0v) is 8.66. The fourth-order valence-corrected chi connectivity index (χ4v) is 1.53. The second kappa shape index (κ2) is 3.43. The van der Waals surface area contributed by atoms with Gasteiger partial charge in [-0.3, -0.25) is 4.79 Å². The Labute approximate surface area is 88.5 Å². The molecule has 1 aromatic rings. The molecule has 4 heteroatoms. The summed E-state index contributed by atoms with van der Waals surface area (Å²) in [6, 6.07) is 5.96. The lowest BCUT2D eigenvalue weighted by Crippen LogP contribution is -2.31. The minimum absolute atomic E-state index is 0.133. The van der Waals surface area contributed by atoms with E-state index in [9.17, 15) is 4.79 Å². The number of rotatable bonds is 3. The Balaban J connectivity index is 1.93. The molecule has 0 bridgehead atoms. The van der Waals surface area contributed by atoms with Crippen LogP contribution < -0.4 is 5.32 Å². The maximum absolute atomic E-state index is 11.6. The number of nitrogens with zero attached hydrogens (tertiary/aromatic N) is 2. The third kappa shape index (κ3) is 1.73. The first-order chi connectivity index (χ1) is 7.18. The van der Waals surface area contributed by atoms with Gasteiger partial charge in [-0.2, -0.15) is 5.26 Å². The molecule has 0 spiro atoms. The summed E-state index contributed by atoms with van der Waals surface area (Å²) >= 11 is 0. The van der Waals surface area contributed by atoms with Crippen LogP contribution in [0.3, 0.4) is 0 Å². The van der Waals surface area contributed by atoms with Crippen LogP contribution in [0.25, 0.3) is 0 Å². The van der Waals surface area contributed by atoms with Gasteiger partial charge < -0.3 is 9.88 Å². The van der Waals surface area contributed by atoms with E-state index in [4.69, 9.17) is 5.26 Å². The van der Waals surface area contributed by atoms with E-state index in [0.29, 0.717) is 19.4 Å². The van der Waals surface area contributed by atoms with Crippen LogP contribution in [0.5, 0.6) is 0 Å². The maximum atomic E-state index is 11.6. The maximum Gasteiger partial charge on any atom is 0.240 e. The monoisotopic (exact) mass is 203 g/mol. The lowest BCUT2D eigenvalue weighted by atomic mass is 10.1. The smallest absolute Gasteiger partial charge is 0.240 e. The Morgan fingerprint density at radius 2 is 2.47 bits per heavy atom. The largest absolute Gasteiger partial charge is 0.353 e. The van der Waals surface area contributed by atoms with Crippen molar-refractivity contribution in [2.75, 3.05) is 0 Å². The van der Waals surface area contributed by atoms with Crippen molar-refractivity contribution in [1.29, 1.82) is 5.26 Å². The van der Waals surface area contributed by atoms with Crippen LogP contribution in [0.4, 0.5) is 0 Å². The molecule has 0 aliphatic heterocycles. The molecule has 0 saturated heterocycles. The highest BCUT2D eigenvalue weighted by Gasteiger charge is 2.50. The van der Waals surface area contributed by atoms with Gasteiger partial charge in [-0.1, -0.05) is 0 Å². The molecule has 0 aromatic carbocycles. The van der Waals surface area contributed by atoms with E-state index in [1.165, 1.54) is 0 Å². The van der Waals surface area contributed by atoms with Crippen LogP contribution in [0.1, 0.15) is 18.5 Å². The Bertz CT molecular complexity index is 423. The van der Waals surface area contributed by atoms with Gasteiger partial charge in [-0.15, -0.1) is 0 Å². The highest BCUT2D eigenvalue weighted by molar-refractivity contribution is 5.88. The van der Waals surface area contributed by atoms with E-state index in [-0.39, 0.29) is 5.91 Å². The van der Waals surface area contributed by atoms with Gasteiger partial charge in [0.05, 0.1) is 12.6 Å². The number of amides is 1. The number of aryl methyl sites for hydroxylation is 1. The van der Waals surface area contributed by atoms with Crippen molar-refractivity contribution in [3.8, 4) is 6.07 Å². The third-order valence-electron chi connectivity index (χ3n) is 2.88. The standard InChI is InChI=1S/C11H13N3O/c1-14-6-2-3-9(14)7-13-10(15)11(8-12)4-5-11/h2-3,6H,4-5,7H2,1H3,(H,13,15). The summed E-state index contributed by atoms with van der Waals surface area (Å²) in [4.78, 5) is 11.6. The summed E-state index contributed by atoms with van der Waals surface area (Å²) in [7, 11) is 1.93. The van der Waals surface area contributed by atoms with Crippen LogP contribution >= 0.6 is 0 Å². The fraction of sp³-hybridized carbons (Fsp3) is 0.455. The molecular weight excluding hydrogens is 190 g/mol. The van der Waals surface area contributed by atoms with Gasteiger partial charge in [-0.05, 0) is 25.0 Å². The number of hydrogen-bond donors (Lipinski definition) is 1. The first-order valence-electron chi connectivity index (χ1n) is 4.98. The minimum atomic E-state index is -0.717. The van der Waals surface area contributed by atoms with E-state index >= 15 is 0 Å². The van der Waals surface area contributed by atoms with Gasteiger partial charge in [-0.25, -0.2) is 0 Å². The van der Waals surface area contributed by atoms with E-state index < -0.39 is 5.41 Å². The van der Waals surface area contributed by atoms with Crippen molar-refractivity contribution < 1.29 is 4.79 Å². The first kappa shape index (κ1) is 9.78. The fourth-order valence-electron chi connectivity index (χ4n) is 1.53. The SMILES string of the molecule is Cn1cccc1CNC(=O)C1(C#N)CC1. The molecule has 1 amide bonds. The first-order valence-corrected chi connectivity index (χ1v) is 4.98. The molecule has 1 aliphatic rings. The van der Waals surface area contributed by atoms with Crippen molar-refractivity contribution in [2.24, 2.45) is 12.5 Å². The van der Waals surface area contributed by atoms with E-state index in [1.807, 2.05) is 29.9 Å². The van der Waals surface area contributed by atoms with Crippen molar-refractivity contribution in [3.63, 3.8) is 0 Å². The Morgan fingerprint density at radius 3 is 2.93 bits per heavy atom. The summed E-state index contributed by atoms with van der Waals surface area (Å²) in [6.45, 7) is 0.492. The predicted molar refractivity (Wildman–Crippen MR) is 54.5 cm³/mol. The molecule has 1 saturated carbocycles. The Kier molecular flexibility index (Phi) is 2.24. The van der Waals surface area contributed by atoms with Crippen molar-refractivity contribution in [2.45, 2.75) is 19.4 Å². The molecular formula is C11H13N3O. The molecule has 15 heavy (non-hydrogen) atoms. The third-order valence-corrected chi connectivity index (χ3v) is 2.88. The molecule has 0 unspecified atom stereocenters. The number of carbonyl (C=O) groups is 1. The van der Waals surface area contributed by atoms with Crippen molar-refractivity contribution in [3.05, 3.63) is 24.0 Å². The van der Waals surface area contributed by atoms with Gasteiger partial charge >= 0.3 is 0 Å². The molecule has 78 valence electrons. The lowest BCUT2D eigenvalue weighted by Gasteiger charge is -2.08. The second-order valence-electron chi connectivity index (χ2n) is 3.99. The van der Waals surface area contributed by atoms with Gasteiger partial charge in [0.1, 0.15) is 5.41 Å². The summed E-state index contributed by atoms with van der Waals surface area (Å²) < 4.78 is 1.95. The lowest BCUT2D eigenvalue weighted by molar-refractivity contribution is -0.124. The molecule has 1 heterocycles. The van der Waals surface area contributed by atoms with Crippen molar-refractivity contribution in [1.82, 2.24) is 9.88 Å². The highest BCUT2D eigenvalue weighted by atomic mass is 16.2. The summed E-state index contributed by atoms with van der Waals surface area (Å²) in [5.41, 5.74) is 0.322. The average molecular weight is 203 g/mol. The van der Waals surface area contributed by atoms with Gasteiger partial charge in [0.2, 0.25) is 5.91 Å². The highest BCUT2D eigenvalue weighted by Crippen LogP contribution is 2.44. The van der Waals surface area contributed by atoms with E-state index in [2.05, 4.69) is 11.4 Å². The van der Waals surface area contributed by atoms with Crippen LogP contribution in [-0.4, -0.2) is 10.5 Å². The number of hydrogen-bond acceptors (Lipinski definition) is 2. The molecule has 1 aliphatic carbocycles. The Morgan fingerprint density at radius 1 is 1.73 bits per heavy atom. The van der Waals surface area contributed by atoms with Crippen LogP contribution in [0, 0.1) is 16.7 Å². The second-order valence-corrected chi connectivity index (χ2v) is 3.99. The topological polar surface area (TPSA) is 57.8 Å². The number of carbonyl (C=O) groups excluding carboxylic acids is 1. The zero-order chi connectivity index (χ0) is 10.9. The van der Waals surface area contributed by atoms with Crippen LogP contribution in [0.2, 0.25) is 0 Å². The molecule has 4 nitrogen and oxygen atoms in total. The van der Waals surface area contributed by atoms with Gasteiger partial charge in [0.15, 0.2) is 0 Å². The van der Waals surface area contributed by atoms with Crippen LogP contribution in [-0.2, 0) is 18.4 Å². The van der Waals surface area contributed by atoms with Crippen LogP contribution in [0.15, 0.2) is 18.3 Å². The van der Waals surface area contributed by atoms with Crippen molar-refractivity contribution >= 4 is 5.91 Å².